The number of thiophene rings is 1. The highest BCUT2D eigenvalue weighted by Gasteiger charge is 2.26. The standard InChI is InChI=1S/C18H24N2O4S2/c1-14-3-4-17(23-2)18(11-14)26(21,22)19-12-16(15-5-10-25-13-15)20-6-8-24-9-7-20/h3-5,10-11,13,16,19H,6-9,12H2,1-2H3/t16-/m1/s1. The molecule has 1 N–H and O–H groups in total. The maximum absolute atomic E-state index is 12.9. The van der Waals surface area contributed by atoms with Crippen LogP contribution in [0.3, 0.4) is 0 Å². The highest BCUT2D eigenvalue weighted by Crippen LogP contribution is 2.27. The van der Waals surface area contributed by atoms with Crippen LogP contribution < -0.4 is 9.46 Å². The average molecular weight is 397 g/mol. The lowest BCUT2D eigenvalue weighted by molar-refractivity contribution is 0.0173. The van der Waals surface area contributed by atoms with Crippen LogP contribution in [-0.2, 0) is 14.8 Å². The van der Waals surface area contributed by atoms with Crippen molar-refractivity contribution in [3.63, 3.8) is 0 Å². The molecular weight excluding hydrogens is 372 g/mol. The summed E-state index contributed by atoms with van der Waals surface area (Å²) >= 11 is 1.61. The Morgan fingerprint density at radius 2 is 2.08 bits per heavy atom. The van der Waals surface area contributed by atoms with Crippen LogP contribution in [0.15, 0.2) is 39.9 Å². The van der Waals surface area contributed by atoms with Crippen LogP contribution in [0, 0.1) is 6.92 Å². The summed E-state index contributed by atoms with van der Waals surface area (Å²) in [4.78, 5) is 2.44. The van der Waals surface area contributed by atoms with Crippen LogP contribution in [-0.4, -0.2) is 53.3 Å². The summed E-state index contributed by atoms with van der Waals surface area (Å²) in [6.07, 6.45) is 0. The van der Waals surface area contributed by atoms with Gasteiger partial charge in [0.1, 0.15) is 10.6 Å². The molecular formula is C18H24N2O4S2. The summed E-state index contributed by atoms with van der Waals surface area (Å²) in [5.74, 6) is 0.349. The normalized spacial score (nSPS) is 17.2. The smallest absolute Gasteiger partial charge is 0.244 e. The van der Waals surface area contributed by atoms with Crippen LogP contribution in [0.4, 0.5) is 0 Å². The van der Waals surface area contributed by atoms with Crippen molar-refractivity contribution in [1.82, 2.24) is 9.62 Å². The largest absolute Gasteiger partial charge is 0.495 e. The second kappa shape index (κ2) is 8.49. The molecule has 2 aromatic rings. The average Bonchev–Trinajstić information content (AvgIpc) is 3.17. The molecule has 0 unspecified atom stereocenters. The van der Waals surface area contributed by atoms with Gasteiger partial charge in [-0.3, -0.25) is 4.90 Å². The maximum atomic E-state index is 12.9. The van der Waals surface area contributed by atoms with Crippen molar-refractivity contribution in [3.8, 4) is 5.75 Å². The van der Waals surface area contributed by atoms with E-state index in [0.717, 1.165) is 24.2 Å². The first-order chi connectivity index (χ1) is 12.5. The summed E-state index contributed by atoms with van der Waals surface area (Å²) in [7, 11) is -2.20. The fourth-order valence-corrected chi connectivity index (χ4v) is 5.07. The fraction of sp³-hybridized carbons (Fsp3) is 0.444. The van der Waals surface area contributed by atoms with E-state index in [-0.39, 0.29) is 10.9 Å². The van der Waals surface area contributed by atoms with E-state index in [1.165, 1.54) is 7.11 Å². The van der Waals surface area contributed by atoms with Gasteiger partial charge < -0.3 is 9.47 Å². The van der Waals surface area contributed by atoms with Crippen molar-refractivity contribution in [2.24, 2.45) is 0 Å². The van der Waals surface area contributed by atoms with Crippen LogP contribution in [0.2, 0.25) is 0 Å². The molecule has 1 fully saturated rings. The number of benzene rings is 1. The molecule has 0 aliphatic carbocycles. The summed E-state index contributed by atoms with van der Waals surface area (Å²) in [5, 5.41) is 4.09. The van der Waals surface area contributed by atoms with Crippen molar-refractivity contribution in [2.75, 3.05) is 40.0 Å². The van der Waals surface area contributed by atoms with Gasteiger partial charge in [0, 0.05) is 25.7 Å². The van der Waals surface area contributed by atoms with Crippen molar-refractivity contribution < 1.29 is 17.9 Å². The zero-order chi connectivity index (χ0) is 18.6. The Hall–Kier alpha value is -1.45. The van der Waals surface area contributed by atoms with Gasteiger partial charge in [0.2, 0.25) is 10.0 Å². The molecule has 6 nitrogen and oxygen atoms in total. The van der Waals surface area contributed by atoms with Crippen molar-refractivity contribution in [1.29, 1.82) is 0 Å². The van der Waals surface area contributed by atoms with Gasteiger partial charge in [0.05, 0.1) is 20.3 Å². The molecule has 1 aliphatic heterocycles. The van der Waals surface area contributed by atoms with E-state index in [4.69, 9.17) is 9.47 Å². The molecule has 1 aliphatic rings. The Balaban J connectivity index is 1.81. The second-order valence-corrected chi connectivity index (χ2v) is 8.74. The van der Waals surface area contributed by atoms with Gasteiger partial charge in [-0.2, -0.15) is 11.3 Å². The van der Waals surface area contributed by atoms with Crippen molar-refractivity contribution in [2.45, 2.75) is 17.9 Å². The Kier molecular flexibility index (Phi) is 6.31. The molecule has 8 heteroatoms. The van der Waals surface area contributed by atoms with E-state index >= 15 is 0 Å². The molecule has 0 amide bonds. The third-order valence-corrected chi connectivity index (χ3v) is 6.64. The number of nitrogens with one attached hydrogen (secondary N) is 1. The lowest BCUT2D eigenvalue weighted by atomic mass is 10.1. The number of nitrogens with zero attached hydrogens (tertiary/aromatic N) is 1. The van der Waals surface area contributed by atoms with Gasteiger partial charge >= 0.3 is 0 Å². The van der Waals surface area contributed by atoms with Crippen LogP contribution in [0.25, 0.3) is 0 Å². The number of sulfonamides is 1. The van der Waals surface area contributed by atoms with Crippen molar-refractivity contribution in [3.05, 3.63) is 46.2 Å². The molecule has 1 saturated heterocycles. The van der Waals surface area contributed by atoms with Crippen molar-refractivity contribution >= 4 is 21.4 Å². The number of hydrogen-bond donors (Lipinski definition) is 1. The lowest BCUT2D eigenvalue weighted by Crippen LogP contribution is -2.43. The van der Waals surface area contributed by atoms with Crippen LogP contribution >= 0.6 is 11.3 Å². The fourth-order valence-electron chi connectivity index (χ4n) is 3.07. The van der Waals surface area contributed by atoms with E-state index in [9.17, 15) is 8.42 Å². The Morgan fingerprint density at radius 3 is 2.73 bits per heavy atom. The number of rotatable bonds is 7. The van der Waals surface area contributed by atoms with Gasteiger partial charge in [-0.15, -0.1) is 0 Å². The molecule has 1 atom stereocenters. The van der Waals surface area contributed by atoms with Gasteiger partial charge in [-0.05, 0) is 47.0 Å². The minimum Gasteiger partial charge on any atom is -0.495 e. The van der Waals surface area contributed by atoms with Gasteiger partial charge in [-0.25, -0.2) is 13.1 Å². The summed E-state index contributed by atoms with van der Waals surface area (Å²) in [6, 6.07) is 7.18. The highest BCUT2D eigenvalue weighted by molar-refractivity contribution is 7.89. The second-order valence-electron chi connectivity index (χ2n) is 6.23. The molecule has 0 radical (unpaired) electrons. The number of morpholine rings is 1. The minimum atomic E-state index is -3.68. The predicted molar refractivity (Wildman–Crippen MR) is 102 cm³/mol. The molecule has 1 aromatic carbocycles. The first-order valence-corrected chi connectivity index (χ1v) is 10.9. The molecule has 0 saturated carbocycles. The molecule has 2 heterocycles. The lowest BCUT2D eigenvalue weighted by Gasteiger charge is -2.34. The molecule has 142 valence electrons. The zero-order valence-electron chi connectivity index (χ0n) is 15.0. The number of methoxy groups -OCH3 is 1. The zero-order valence-corrected chi connectivity index (χ0v) is 16.6. The maximum Gasteiger partial charge on any atom is 0.244 e. The number of ether oxygens (including phenoxy) is 2. The SMILES string of the molecule is COc1ccc(C)cc1S(=O)(=O)NC[C@H](c1ccsc1)N1CCOCC1. The molecule has 1 aromatic heterocycles. The van der Waals surface area contributed by atoms with Crippen LogP contribution in [0.5, 0.6) is 5.75 Å². The van der Waals surface area contributed by atoms with Gasteiger partial charge in [-0.1, -0.05) is 6.07 Å². The number of hydrogen-bond acceptors (Lipinski definition) is 6. The molecule has 26 heavy (non-hydrogen) atoms. The molecule has 0 spiro atoms. The summed E-state index contributed by atoms with van der Waals surface area (Å²) in [6.45, 7) is 5.07. The van der Waals surface area contributed by atoms with Crippen LogP contribution in [0.1, 0.15) is 17.2 Å². The van der Waals surface area contributed by atoms with E-state index in [2.05, 4.69) is 15.0 Å². The third kappa shape index (κ3) is 4.44. The topological polar surface area (TPSA) is 67.9 Å². The third-order valence-electron chi connectivity index (χ3n) is 4.49. The Morgan fingerprint density at radius 1 is 1.31 bits per heavy atom. The Bertz CT molecular complexity index is 816. The summed E-state index contributed by atoms with van der Waals surface area (Å²) < 4.78 is 39.2. The monoisotopic (exact) mass is 396 g/mol. The van der Waals surface area contributed by atoms with Gasteiger partial charge in [0.15, 0.2) is 0 Å². The van der Waals surface area contributed by atoms with Gasteiger partial charge in [0.25, 0.3) is 0 Å². The first-order valence-electron chi connectivity index (χ1n) is 8.49. The van der Waals surface area contributed by atoms with E-state index in [1.807, 2.05) is 24.4 Å². The van der Waals surface area contributed by atoms with E-state index in [1.54, 1.807) is 23.5 Å². The molecule has 0 bridgehead atoms. The molecule has 3 rings (SSSR count). The predicted octanol–water partition coefficient (Wildman–Crippen LogP) is 2.42. The first kappa shape index (κ1) is 19.3. The Labute approximate surface area is 158 Å². The van der Waals surface area contributed by atoms with E-state index in [0.29, 0.717) is 25.5 Å². The van der Waals surface area contributed by atoms with E-state index < -0.39 is 10.0 Å². The number of aryl methyl sites for hydroxylation is 1. The quantitative estimate of drug-likeness (QED) is 0.778. The minimum absolute atomic E-state index is 0.0178. The summed E-state index contributed by atoms with van der Waals surface area (Å²) in [5.41, 5.74) is 1.99. The highest BCUT2D eigenvalue weighted by atomic mass is 32.2.